The van der Waals surface area contributed by atoms with Gasteiger partial charge >= 0.3 is 0 Å². The Bertz CT molecular complexity index is 1100. The number of carbonyl (C=O) groups excluding carboxylic acids is 1. The second kappa shape index (κ2) is 10.2. The summed E-state index contributed by atoms with van der Waals surface area (Å²) in [4.78, 5) is 19.5. The van der Waals surface area contributed by atoms with Crippen LogP contribution in [0, 0.1) is 5.92 Å². The van der Waals surface area contributed by atoms with Crippen LogP contribution in [-0.2, 0) is 17.1 Å². The summed E-state index contributed by atoms with van der Waals surface area (Å²) >= 11 is 5.98. The summed E-state index contributed by atoms with van der Waals surface area (Å²) in [7, 11) is -2.25. The van der Waals surface area contributed by atoms with Gasteiger partial charge in [0.15, 0.2) is 0 Å². The smallest absolute Gasteiger partial charge is 0.263 e. The molecule has 1 aromatic heterocycles. The quantitative estimate of drug-likeness (QED) is 0.593. The molecule has 1 aromatic carbocycles. The number of rotatable bonds is 6. The number of halogens is 1. The molecule has 0 spiro atoms. The van der Waals surface area contributed by atoms with Gasteiger partial charge in [-0.15, -0.1) is 0 Å². The predicted molar refractivity (Wildman–Crippen MR) is 133 cm³/mol. The van der Waals surface area contributed by atoms with Crippen molar-refractivity contribution in [2.75, 3.05) is 63.8 Å². The van der Waals surface area contributed by atoms with Gasteiger partial charge in [-0.25, -0.2) is 8.42 Å². The van der Waals surface area contributed by atoms with E-state index in [-0.39, 0.29) is 16.5 Å². The maximum Gasteiger partial charge on any atom is 0.263 e. The highest BCUT2D eigenvalue weighted by molar-refractivity contribution is 7.89. The maximum atomic E-state index is 13.5. The Labute approximate surface area is 206 Å². The van der Waals surface area contributed by atoms with E-state index in [0.29, 0.717) is 50.2 Å². The van der Waals surface area contributed by atoms with E-state index in [4.69, 9.17) is 11.6 Å². The minimum atomic E-state index is -3.90. The third kappa shape index (κ3) is 5.40. The van der Waals surface area contributed by atoms with Crippen molar-refractivity contribution in [1.29, 1.82) is 0 Å². The van der Waals surface area contributed by atoms with E-state index < -0.39 is 10.0 Å². The van der Waals surface area contributed by atoms with Gasteiger partial charge in [-0.2, -0.15) is 9.40 Å². The van der Waals surface area contributed by atoms with Crippen molar-refractivity contribution >= 4 is 33.2 Å². The molecule has 2 aromatic rings. The molecule has 2 aliphatic rings. The standard InChI is InChI=1S/C23H33ClN6O3S/c1-18(2)16-27-8-10-29(11-9-27)23(31)21-17-26(3)25-22(21)34(32,33)30-14-12-28(13-15-30)20-6-4-19(24)5-7-20/h4-7,17-18H,8-16H2,1-3H3. The number of benzene rings is 1. The summed E-state index contributed by atoms with van der Waals surface area (Å²) in [5.74, 6) is 0.299. The topological polar surface area (TPSA) is 82.0 Å². The fourth-order valence-corrected chi connectivity index (χ4v) is 6.25. The molecule has 3 heterocycles. The lowest BCUT2D eigenvalue weighted by molar-refractivity contribution is 0.0620. The summed E-state index contributed by atoms with van der Waals surface area (Å²) in [5.41, 5.74) is 1.16. The molecule has 186 valence electrons. The lowest BCUT2D eigenvalue weighted by Gasteiger charge is -2.36. The second-order valence-electron chi connectivity index (χ2n) is 9.38. The first-order chi connectivity index (χ1) is 16.1. The molecule has 0 N–H and O–H groups in total. The van der Waals surface area contributed by atoms with Crippen molar-refractivity contribution in [3.63, 3.8) is 0 Å². The van der Waals surface area contributed by atoms with Gasteiger partial charge in [-0.05, 0) is 30.2 Å². The Morgan fingerprint density at radius 1 is 1.00 bits per heavy atom. The molecule has 0 radical (unpaired) electrons. The summed E-state index contributed by atoms with van der Waals surface area (Å²) < 4.78 is 29.9. The molecular weight excluding hydrogens is 476 g/mol. The number of aromatic nitrogens is 2. The van der Waals surface area contributed by atoms with E-state index in [1.807, 2.05) is 24.3 Å². The van der Waals surface area contributed by atoms with Crippen LogP contribution < -0.4 is 4.90 Å². The van der Waals surface area contributed by atoms with Gasteiger partial charge in [0.1, 0.15) is 0 Å². The average Bonchev–Trinajstić information content (AvgIpc) is 3.22. The van der Waals surface area contributed by atoms with E-state index in [1.165, 1.54) is 15.2 Å². The fraction of sp³-hybridized carbons (Fsp3) is 0.565. The van der Waals surface area contributed by atoms with Crippen LogP contribution in [-0.4, -0.2) is 97.1 Å². The third-order valence-electron chi connectivity index (χ3n) is 6.32. The van der Waals surface area contributed by atoms with Gasteiger partial charge in [0.2, 0.25) is 5.03 Å². The minimum Gasteiger partial charge on any atom is -0.369 e. The van der Waals surface area contributed by atoms with Crippen LogP contribution >= 0.6 is 11.6 Å². The van der Waals surface area contributed by atoms with Crippen molar-refractivity contribution in [1.82, 2.24) is 23.9 Å². The number of aryl methyl sites for hydroxylation is 1. The number of hydrogen-bond acceptors (Lipinski definition) is 6. The monoisotopic (exact) mass is 508 g/mol. The van der Waals surface area contributed by atoms with Crippen molar-refractivity contribution in [3.8, 4) is 0 Å². The molecule has 0 bridgehead atoms. The van der Waals surface area contributed by atoms with E-state index in [1.54, 1.807) is 11.9 Å². The van der Waals surface area contributed by atoms with Gasteiger partial charge in [0.25, 0.3) is 15.9 Å². The molecule has 0 saturated carbocycles. The first kappa shape index (κ1) is 25.0. The second-order valence-corrected chi connectivity index (χ2v) is 11.7. The van der Waals surface area contributed by atoms with Crippen LogP contribution in [0.25, 0.3) is 0 Å². The van der Waals surface area contributed by atoms with Crippen molar-refractivity contribution in [3.05, 3.63) is 41.0 Å². The first-order valence-corrected chi connectivity index (χ1v) is 13.5. The zero-order valence-corrected chi connectivity index (χ0v) is 21.6. The minimum absolute atomic E-state index is 0.149. The summed E-state index contributed by atoms with van der Waals surface area (Å²) in [6, 6.07) is 7.52. The summed E-state index contributed by atoms with van der Waals surface area (Å²) in [6.07, 6.45) is 1.53. The van der Waals surface area contributed by atoms with E-state index in [2.05, 4.69) is 28.7 Å². The number of sulfonamides is 1. The van der Waals surface area contributed by atoms with Crippen LogP contribution in [0.15, 0.2) is 35.5 Å². The highest BCUT2D eigenvalue weighted by Gasteiger charge is 2.36. The van der Waals surface area contributed by atoms with Gasteiger partial charge in [-0.3, -0.25) is 14.4 Å². The lowest BCUT2D eigenvalue weighted by Crippen LogP contribution is -2.50. The van der Waals surface area contributed by atoms with Crippen LogP contribution in [0.2, 0.25) is 5.02 Å². The van der Waals surface area contributed by atoms with Gasteiger partial charge in [-0.1, -0.05) is 25.4 Å². The molecule has 2 saturated heterocycles. The zero-order valence-electron chi connectivity index (χ0n) is 20.0. The lowest BCUT2D eigenvalue weighted by atomic mass is 10.2. The highest BCUT2D eigenvalue weighted by Crippen LogP contribution is 2.24. The van der Waals surface area contributed by atoms with Gasteiger partial charge in [0, 0.05) is 82.9 Å². The molecule has 2 aliphatic heterocycles. The molecule has 34 heavy (non-hydrogen) atoms. The SMILES string of the molecule is CC(C)CN1CCN(C(=O)c2cn(C)nc2S(=O)(=O)N2CCN(c3ccc(Cl)cc3)CC2)CC1. The number of nitrogens with zero attached hydrogens (tertiary/aromatic N) is 6. The normalized spacial score (nSPS) is 18.6. The van der Waals surface area contributed by atoms with E-state index in [0.717, 1.165) is 25.3 Å². The molecule has 0 unspecified atom stereocenters. The molecule has 11 heteroatoms. The predicted octanol–water partition coefficient (Wildman–Crippen LogP) is 2.00. The maximum absolute atomic E-state index is 13.5. The van der Waals surface area contributed by atoms with Gasteiger partial charge < -0.3 is 9.80 Å². The van der Waals surface area contributed by atoms with E-state index in [9.17, 15) is 13.2 Å². The van der Waals surface area contributed by atoms with Crippen LogP contribution in [0.3, 0.4) is 0 Å². The molecule has 9 nitrogen and oxygen atoms in total. The molecular formula is C23H33ClN6O3S. The average molecular weight is 509 g/mol. The first-order valence-electron chi connectivity index (χ1n) is 11.7. The van der Waals surface area contributed by atoms with Crippen LogP contribution in [0.5, 0.6) is 0 Å². The van der Waals surface area contributed by atoms with Crippen molar-refractivity contribution in [2.45, 2.75) is 18.9 Å². The Balaban J connectivity index is 1.45. The molecule has 4 rings (SSSR count). The Morgan fingerprint density at radius 2 is 1.62 bits per heavy atom. The fourth-order valence-electron chi connectivity index (χ4n) is 4.59. The number of anilines is 1. The zero-order chi connectivity index (χ0) is 24.5. The van der Waals surface area contributed by atoms with Crippen LogP contribution in [0.1, 0.15) is 24.2 Å². The largest absolute Gasteiger partial charge is 0.369 e. The Kier molecular flexibility index (Phi) is 7.51. The third-order valence-corrected chi connectivity index (χ3v) is 8.41. The number of carbonyl (C=O) groups is 1. The van der Waals surface area contributed by atoms with Gasteiger partial charge in [0.05, 0.1) is 5.56 Å². The van der Waals surface area contributed by atoms with Crippen molar-refractivity contribution in [2.24, 2.45) is 13.0 Å². The van der Waals surface area contributed by atoms with Crippen molar-refractivity contribution < 1.29 is 13.2 Å². The highest BCUT2D eigenvalue weighted by atomic mass is 35.5. The van der Waals surface area contributed by atoms with E-state index >= 15 is 0 Å². The van der Waals surface area contributed by atoms with Crippen LogP contribution in [0.4, 0.5) is 5.69 Å². The molecule has 1 amide bonds. The molecule has 2 fully saturated rings. The summed E-state index contributed by atoms with van der Waals surface area (Å²) in [6.45, 7) is 9.85. The number of hydrogen-bond donors (Lipinski definition) is 0. The Hall–Kier alpha value is -2.14. The Morgan fingerprint density at radius 3 is 2.21 bits per heavy atom. The number of piperazine rings is 2. The summed E-state index contributed by atoms with van der Waals surface area (Å²) in [5, 5.41) is 4.73. The number of amides is 1. The molecule has 0 atom stereocenters. The molecule has 0 aliphatic carbocycles.